The van der Waals surface area contributed by atoms with Crippen LogP contribution in [-0.2, 0) is 5.54 Å². The van der Waals surface area contributed by atoms with E-state index >= 15 is 0 Å². The lowest BCUT2D eigenvalue weighted by molar-refractivity contribution is 0.0995. The maximum atomic E-state index is 11.4. The van der Waals surface area contributed by atoms with Crippen molar-refractivity contribution in [3.8, 4) is 5.75 Å². The smallest absolute Gasteiger partial charge is 0.252 e. The summed E-state index contributed by atoms with van der Waals surface area (Å²) in [5, 5.41) is 0. The zero-order valence-corrected chi connectivity index (χ0v) is 11.5. The minimum absolute atomic E-state index is 0.381. The van der Waals surface area contributed by atoms with Gasteiger partial charge in [-0.3, -0.25) is 4.79 Å². The van der Waals surface area contributed by atoms with Gasteiger partial charge in [0.15, 0.2) is 0 Å². The van der Waals surface area contributed by atoms with Crippen LogP contribution in [0.25, 0.3) is 0 Å². The van der Waals surface area contributed by atoms with Gasteiger partial charge in [0.25, 0.3) is 5.91 Å². The first kappa shape index (κ1) is 14.5. The molecule has 0 saturated carbocycles. The predicted octanol–water partition coefficient (Wildman–Crippen LogP) is 2.01. The predicted molar refractivity (Wildman–Crippen MR) is 72.5 cm³/mol. The van der Waals surface area contributed by atoms with Crippen LogP contribution in [0, 0.1) is 5.92 Å². The van der Waals surface area contributed by atoms with Gasteiger partial charge in [-0.15, -0.1) is 0 Å². The van der Waals surface area contributed by atoms with Crippen LogP contribution in [-0.4, -0.2) is 12.5 Å². The van der Waals surface area contributed by atoms with E-state index in [0.29, 0.717) is 23.8 Å². The van der Waals surface area contributed by atoms with E-state index in [0.717, 1.165) is 5.56 Å². The van der Waals surface area contributed by atoms with E-state index < -0.39 is 11.4 Å². The van der Waals surface area contributed by atoms with Crippen molar-refractivity contribution in [2.75, 3.05) is 6.61 Å². The van der Waals surface area contributed by atoms with Gasteiger partial charge >= 0.3 is 0 Å². The molecule has 1 aromatic rings. The van der Waals surface area contributed by atoms with Crippen LogP contribution in [0.2, 0.25) is 0 Å². The van der Waals surface area contributed by atoms with Crippen molar-refractivity contribution in [3.63, 3.8) is 0 Å². The van der Waals surface area contributed by atoms with E-state index in [4.69, 9.17) is 16.2 Å². The number of benzene rings is 1. The molecule has 0 aliphatic heterocycles. The highest BCUT2D eigenvalue weighted by Crippen LogP contribution is 2.25. The van der Waals surface area contributed by atoms with Crippen LogP contribution in [0.4, 0.5) is 0 Å². The lowest BCUT2D eigenvalue weighted by Gasteiger charge is -2.21. The number of nitrogens with two attached hydrogens (primary N) is 2. The number of amides is 1. The highest BCUT2D eigenvalue weighted by atomic mass is 16.5. The van der Waals surface area contributed by atoms with Gasteiger partial charge in [-0.25, -0.2) is 0 Å². The van der Waals surface area contributed by atoms with Gasteiger partial charge < -0.3 is 16.2 Å². The Kier molecular flexibility index (Phi) is 4.35. The molecular formula is C14H22N2O2. The summed E-state index contributed by atoms with van der Waals surface area (Å²) in [6.45, 7) is 8.39. The second-order valence-corrected chi connectivity index (χ2v) is 5.50. The number of carbonyl (C=O) groups excluding carboxylic acids is 1. The molecule has 1 amide bonds. The Morgan fingerprint density at radius 2 is 2.00 bits per heavy atom. The zero-order chi connectivity index (χ0) is 13.9. The first-order chi connectivity index (χ1) is 8.21. The van der Waals surface area contributed by atoms with Crippen LogP contribution in [0.5, 0.6) is 5.75 Å². The second-order valence-electron chi connectivity index (χ2n) is 5.50. The Hall–Kier alpha value is -1.55. The van der Waals surface area contributed by atoms with E-state index in [9.17, 15) is 4.79 Å². The first-order valence-electron chi connectivity index (χ1n) is 6.08. The van der Waals surface area contributed by atoms with E-state index in [1.54, 1.807) is 12.1 Å². The van der Waals surface area contributed by atoms with Gasteiger partial charge in [-0.05, 0) is 37.5 Å². The fourth-order valence-electron chi connectivity index (χ4n) is 1.51. The third-order valence-corrected chi connectivity index (χ3v) is 2.56. The number of hydrogen-bond acceptors (Lipinski definition) is 3. The van der Waals surface area contributed by atoms with Crippen LogP contribution in [0.1, 0.15) is 43.6 Å². The Labute approximate surface area is 108 Å². The minimum Gasteiger partial charge on any atom is -0.492 e. The van der Waals surface area contributed by atoms with Crippen molar-refractivity contribution in [1.29, 1.82) is 0 Å². The van der Waals surface area contributed by atoms with Gasteiger partial charge in [0.2, 0.25) is 0 Å². The molecule has 0 atom stereocenters. The van der Waals surface area contributed by atoms with E-state index in [-0.39, 0.29) is 0 Å². The molecule has 0 aliphatic rings. The van der Waals surface area contributed by atoms with Crippen molar-refractivity contribution >= 4 is 5.91 Å². The molecule has 0 aliphatic carbocycles. The number of ether oxygens (including phenoxy) is 1. The molecule has 100 valence electrons. The van der Waals surface area contributed by atoms with Crippen molar-refractivity contribution in [2.45, 2.75) is 33.2 Å². The number of primary amides is 1. The van der Waals surface area contributed by atoms with Gasteiger partial charge in [0, 0.05) is 5.54 Å². The summed E-state index contributed by atoms with van der Waals surface area (Å²) in [5.74, 6) is 0.403. The van der Waals surface area contributed by atoms with Gasteiger partial charge in [-0.2, -0.15) is 0 Å². The second kappa shape index (κ2) is 5.40. The Bertz CT molecular complexity index is 434. The summed E-state index contributed by atoms with van der Waals surface area (Å²) < 4.78 is 5.59. The number of hydrogen-bond donors (Lipinski definition) is 2. The molecule has 1 aromatic carbocycles. The van der Waals surface area contributed by atoms with Crippen molar-refractivity contribution in [2.24, 2.45) is 17.4 Å². The minimum atomic E-state index is -0.513. The monoisotopic (exact) mass is 250 g/mol. The van der Waals surface area contributed by atoms with Gasteiger partial charge in [0.1, 0.15) is 5.75 Å². The summed E-state index contributed by atoms with van der Waals surface area (Å²) in [6.07, 6.45) is 0. The Morgan fingerprint density at radius 3 is 2.44 bits per heavy atom. The third-order valence-electron chi connectivity index (χ3n) is 2.56. The third kappa shape index (κ3) is 3.74. The first-order valence-corrected chi connectivity index (χ1v) is 6.08. The van der Waals surface area contributed by atoms with Crippen molar-refractivity contribution in [3.05, 3.63) is 29.3 Å². The molecule has 4 N–H and O–H groups in total. The van der Waals surface area contributed by atoms with E-state index in [1.165, 1.54) is 0 Å². The molecule has 0 heterocycles. The largest absolute Gasteiger partial charge is 0.492 e. The molecule has 0 aromatic heterocycles. The standard InChI is InChI=1S/C14H22N2O2/c1-9(2)8-18-12-6-5-10(14(3,4)16)7-11(12)13(15)17/h5-7,9H,8,16H2,1-4H3,(H2,15,17). The molecule has 0 unspecified atom stereocenters. The summed E-state index contributed by atoms with van der Waals surface area (Å²) in [7, 11) is 0. The molecule has 0 bridgehead atoms. The fourth-order valence-corrected chi connectivity index (χ4v) is 1.51. The van der Waals surface area contributed by atoms with Crippen LogP contribution >= 0.6 is 0 Å². The van der Waals surface area contributed by atoms with E-state index in [1.807, 2.05) is 33.8 Å². The SMILES string of the molecule is CC(C)COc1ccc(C(C)(C)N)cc1C(N)=O. The molecule has 0 saturated heterocycles. The summed E-state index contributed by atoms with van der Waals surface area (Å²) >= 11 is 0. The summed E-state index contributed by atoms with van der Waals surface area (Å²) in [6, 6.07) is 5.33. The summed E-state index contributed by atoms with van der Waals surface area (Å²) in [4.78, 5) is 11.4. The molecule has 4 nitrogen and oxygen atoms in total. The number of rotatable bonds is 5. The van der Waals surface area contributed by atoms with Crippen LogP contribution in [0.15, 0.2) is 18.2 Å². The molecule has 0 radical (unpaired) electrons. The maximum absolute atomic E-state index is 11.4. The fraction of sp³-hybridized carbons (Fsp3) is 0.500. The van der Waals surface area contributed by atoms with Crippen molar-refractivity contribution < 1.29 is 9.53 Å². The number of carbonyl (C=O) groups is 1. The van der Waals surface area contributed by atoms with Crippen LogP contribution < -0.4 is 16.2 Å². The lowest BCUT2D eigenvalue weighted by Crippen LogP contribution is -2.29. The average Bonchev–Trinajstić information content (AvgIpc) is 2.24. The topological polar surface area (TPSA) is 78.3 Å². The van der Waals surface area contributed by atoms with Gasteiger partial charge in [0.05, 0.1) is 12.2 Å². The lowest BCUT2D eigenvalue weighted by atomic mass is 9.93. The summed E-state index contributed by atoms with van der Waals surface area (Å²) in [5.41, 5.74) is 12.1. The molecule has 0 fully saturated rings. The highest BCUT2D eigenvalue weighted by molar-refractivity contribution is 5.95. The Balaban J connectivity index is 3.09. The molecule has 4 heteroatoms. The molecular weight excluding hydrogens is 228 g/mol. The quantitative estimate of drug-likeness (QED) is 0.839. The highest BCUT2D eigenvalue weighted by Gasteiger charge is 2.18. The van der Waals surface area contributed by atoms with Crippen LogP contribution in [0.3, 0.4) is 0 Å². The van der Waals surface area contributed by atoms with E-state index in [2.05, 4.69) is 0 Å². The van der Waals surface area contributed by atoms with Crippen molar-refractivity contribution in [1.82, 2.24) is 0 Å². The molecule has 1 rings (SSSR count). The Morgan fingerprint density at radius 1 is 1.39 bits per heavy atom. The normalized spacial score (nSPS) is 11.7. The average molecular weight is 250 g/mol. The maximum Gasteiger partial charge on any atom is 0.252 e. The van der Waals surface area contributed by atoms with Gasteiger partial charge in [-0.1, -0.05) is 19.9 Å². The molecule has 0 spiro atoms. The zero-order valence-electron chi connectivity index (χ0n) is 11.5. The molecule has 18 heavy (non-hydrogen) atoms.